The fraction of sp³-hybridized carbons (Fsp3) is 0.429. The summed E-state index contributed by atoms with van der Waals surface area (Å²) in [4.78, 5) is 14.6. The van der Waals surface area contributed by atoms with Gasteiger partial charge in [0.2, 0.25) is 0 Å². The number of nitrogens with zero attached hydrogens (tertiary/aromatic N) is 3. The predicted octanol–water partition coefficient (Wildman–Crippen LogP) is 3.61. The summed E-state index contributed by atoms with van der Waals surface area (Å²) in [5, 5.41) is 4.79. The van der Waals surface area contributed by atoms with Crippen molar-refractivity contribution in [3.63, 3.8) is 0 Å². The molecule has 0 N–H and O–H groups in total. The maximum Gasteiger partial charge on any atom is 0.271 e. The smallest absolute Gasteiger partial charge is 0.271 e. The van der Waals surface area contributed by atoms with Crippen molar-refractivity contribution >= 4 is 29.1 Å². The van der Waals surface area contributed by atoms with Gasteiger partial charge in [-0.25, -0.2) is 0 Å². The lowest BCUT2D eigenvalue weighted by molar-refractivity contribution is 0.0721. The van der Waals surface area contributed by atoms with E-state index in [1.165, 1.54) is 0 Å². The second-order valence-electron chi connectivity index (χ2n) is 5.25. The first-order valence-electron chi connectivity index (χ1n) is 6.74. The first-order valence-corrected chi connectivity index (χ1v) is 7.49. The molecule has 0 unspecified atom stereocenters. The zero-order chi connectivity index (χ0) is 15.1. The average molecular weight is 328 g/mol. The van der Waals surface area contributed by atoms with Crippen LogP contribution in [0.15, 0.2) is 16.7 Å². The summed E-state index contributed by atoms with van der Waals surface area (Å²) in [6, 6.07) is 3.43. The van der Waals surface area contributed by atoms with Gasteiger partial charge in [0.05, 0.1) is 11.1 Å². The van der Waals surface area contributed by atoms with Gasteiger partial charge in [-0.15, -0.1) is 0 Å². The van der Waals surface area contributed by atoms with Crippen LogP contribution in [0.1, 0.15) is 40.8 Å². The Bertz CT molecular complexity index is 692. The normalized spacial score (nSPS) is 18.5. The average Bonchev–Trinajstić information content (AvgIpc) is 3.14. The monoisotopic (exact) mass is 327 g/mol. The van der Waals surface area contributed by atoms with Gasteiger partial charge in [0.1, 0.15) is 22.3 Å². The molecule has 3 heterocycles. The van der Waals surface area contributed by atoms with Crippen LogP contribution in [0, 0.1) is 6.92 Å². The van der Waals surface area contributed by atoms with Gasteiger partial charge < -0.3 is 14.0 Å². The topological polar surface area (TPSA) is 51.3 Å². The van der Waals surface area contributed by atoms with Gasteiger partial charge in [0.15, 0.2) is 0 Å². The number of aryl methyl sites for hydroxylation is 1. The van der Waals surface area contributed by atoms with Crippen molar-refractivity contribution in [2.75, 3.05) is 6.54 Å². The molecule has 21 heavy (non-hydrogen) atoms. The van der Waals surface area contributed by atoms with Crippen LogP contribution in [0.3, 0.4) is 0 Å². The highest BCUT2D eigenvalue weighted by atomic mass is 35.5. The first kappa shape index (κ1) is 14.5. The van der Waals surface area contributed by atoms with Gasteiger partial charge in [-0.2, -0.15) is 0 Å². The maximum absolute atomic E-state index is 12.8. The van der Waals surface area contributed by atoms with Crippen molar-refractivity contribution in [3.05, 3.63) is 39.5 Å². The van der Waals surface area contributed by atoms with E-state index in [9.17, 15) is 4.79 Å². The highest BCUT2D eigenvalue weighted by Gasteiger charge is 2.34. The number of aromatic nitrogens is 2. The molecule has 7 heteroatoms. The number of halogens is 2. The predicted molar refractivity (Wildman–Crippen MR) is 79.7 cm³/mol. The minimum atomic E-state index is -0.0885. The van der Waals surface area contributed by atoms with Crippen LogP contribution in [0.2, 0.25) is 10.2 Å². The summed E-state index contributed by atoms with van der Waals surface area (Å²) in [5.41, 5.74) is 1.28. The molecule has 1 atom stereocenters. The molecule has 112 valence electrons. The van der Waals surface area contributed by atoms with E-state index in [4.69, 9.17) is 27.7 Å². The Morgan fingerprint density at radius 2 is 2.19 bits per heavy atom. The van der Waals surface area contributed by atoms with Crippen molar-refractivity contribution in [1.82, 2.24) is 14.6 Å². The van der Waals surface area contributed by atoms with E-state index in [1.54, 1.807) is 22.6 Å². The molecule has 1 amide bonds. The lowest BCUT2D eigenvalue weighted by Crippen LogP contribution is -2.32. The molecule has 1 aliphatic heterocycles. The largest absolute Gasteiger partial charge is 0.361 e. The Morgan fingerprint density at radius 3 is 2.76 bits per heavy atom. The van der Waals surface area contributed by atoms with Crippen LogP contribution in [-0.4, -0.2) is 27.1 Å². The number of carbonyl (C=O) groups is 1. The fourth-order valence-electron chi connectivity index (χ4n) is 2.75. The standard InChI is InChI=1S/C14H15Cl2N3O2/c1-8-6-10(17-21-8)11-4-3-5-19(11)14(20)12-7-9(15)13(16)18(12)2/h6-7,11H,3-5H2,1-2H3/t11-/m0/s1. The van der Waals surface area contributed by atoms with Crippen LogP contribution in [-0.2, 0) is 7.05 Å². The van der Waals surface area contributed by atoms with E-state index in [-0.39, 0.29) is 11.9 Å². The van der Waals surface area contributed by atoms with Crippen LogP contribution in [0.5, 0.6) is 0 Å². The number of likely N-dealkylation sites (tertiary alicyclic amines) is 1. The number of hydrogen-bond acceptors (Lipinski definition) is 3. The summed E-state index contributed by atoms with van der Waals surface area (Å²) >= 11 is 12.0. The third-order valence-corrected chi connectivity index (χ3v) is 4.68. The van der Waals surface area contributed by atoms with Crippen molar-refractivity contribution in [2.24, 2.45) is 7.05 Å². The molecule has 0 aromatic carbocycles. The van der Waals surface area contributed by atoms with Gasteiger partial charge in [0, 0.05) is 19.7 Å². The second-order valence-corrected chi connectivity index (χ2v) is 6.01. The molecule has 5 nitrogen and oxygen atoms in total. The van der Waals surface area contributed by atoms with Crippen LogP contribution >= 0.6 is 23.2 Å². The molecule has 0 aliphatic carbocycles. The van der Waals surface area contributed by atoms with Gasteiger partial charge in [0.25, 0.3) is 5.91 Å². The molecular formula is C14H15Cl2N3O2. The van der Waals surface area contributed by atoms with Crippen LogP contribution in [0.4, 0.5) is 0 Å². The highest BCUT2D eigenvalue weighted by Crippen LogP contribution is 2.34. The molecule has 1 saturated heterocycles. The van der Waals surface area contributed by atoms with E-state index < -0.39 is 0 Å². The van der Waals surface area contributed by atoms with E-state index >= 15 is 0 Å². The van der Waals surface area contributed by atoms with Crippen molar-refractivity contribution in [1.29, 1.82) is 0 Å². The third kappa shape index (κ3) is 2.45. The summed E-state index contributed by atoms with van der Waals surface area (Å²) in [6.45, 7) is 2.53. The minimum Gasteiger partial charge on any atom is -0.361 e. The quantitative estimate of drug-likeness (QED) is 0.846. The van der Waals surface area contributed by atoms with E-state index in [1.807, 2.05) is 13.0 Å². The third-order valence-electron chi connectivity index (χ3n) is 3.84. The van der Waals surface area contributed by atoms with Crippen LogP contribution in [0.25, 0.3) is 0 Å². The number of carbonyl (C=O) groups excluding carboxylic acids is 1. The summed E-state index contributed by atoms with van der Waals surface area (Å²) in [6.07, 6.45) is 1.82. The summed E-state index contributed by atoms with van der Waals surface area (Å²) in [7, 11) is 1.73. The molecule has 0 radical (unpaired) electrons. The molecule has 2 aromatic rings. The molecule has 1 aliphatic rings. The molecular weight excluding hydrogens is 313 g/mol. The lowest BCUT2D eigenvalue weighted by atomic mass is 10.1. The van der Waals surface area contributed by atoms with Gasteiger partial charge in [-0.05, 0) is 25.8 Å². The van der Waals surface area contributed by atoms with Crippen LogP contribution < -0.4 is 0 Å². The van der Waals surface area contributed by atoms with E-state index in [0.29, 0.717) is 22.4 Å². The lowest BCUT2D eigenvalue weighted by Gasteiger charge is -2.23. The van der Waals surface area contributed by atoms with Gasteiger partial charge in [-0.3, -0.25) is 4.79 Å². The SMILES string of the molecule is Cc1cc([C@@H]2CCCN2C(=O)c2cc(Cl)c(Cl)n2C)no1. The summed E-state index contributed by atoms with van der Waals surface area (Å²) in [5.74, 6) is 0.656. The zero-order valence-corrected chi connectivity index (χ0v) is 13.3. The minimum absolute atomic E-state index is 0.0533. The highest BCUT2D eigenvalue weighted by molar-refractivity contribution is 6.41. The Labute approximate surface area is 132 Å². The molecule has 2 aromatic heterocycles. The van der Waals surface area contributed by atoms with Crippen molar-refractivity contribution in [2.45, 2.75) is 25.8 Å². The maximum atomic E-state index is 12.8. The second kappa shape index (κ2) is 5.39. The van der Waals surface area contributed by atoms with Crippen molar-refractivity contribution in [3.8, 4) is 0 Å². The number of rotatable bonds is 2. The Hall–Kier alpha value is -1.46. The fourth-order valence-corrected chi connectivity index (χ4v) is 3.13. The first-order chi connectivity index (χ1) is 9.99. The Balaban J connectivity index is 1.91. The molecule has 3 rings (SSSR count). The Morgan fingerprint density at radius 1 is 1.43 bits per heavy atom. The number of amides is 1. The van der Waals surface area contributed by atoms with E-state index in [2.05, 4.69) is 5.16 Å². The molecule has 0 bridgehead atoms. The molecule has 1 fully saturated rings. The summed E-state index contributed by atoms with van der Waals surface area (Å²) < 4.78 is 6.73. The number of hydrogen-bond donors (Lipinski definition) is 0. The molecule has 0 saturated carbocycles. The molecule has 0 spiro atoms. The van der Waals surface area contributed by atoms with E-state index in [0.717, 1.165) is 24.3 Å². The van der Waals surface area contributed by atoms with Gasteiger partial charge >= 0.3 is 0 Å². The Kier molecular flexibility index (Phi) is 3.71. The van der Waals surface area contributed by atoms with Crippen molar-refractivity contribution < 1.29 is 9.32 Å². The van der Waals surface area contributed by atoms with Gasteiger partial charge in [-0.1, -0.05) is 28.4 Å². The zero-order valence-electron chi connectivity index (χ0n) is 11.8.